The van der Waals surface area contributed by atoms with Crippen LogP contribution in [0.4, 0.5) is 33.5 Å². The molecule has 0 fully saturated rings. The highest BCUT2D eigenvalue weighted by Crippen LogP contribution is 2.33. The number of alkyl halides is 3. The summed E-state index contributed by atoms with van der Waals surface area (Å²) in [5.74, 6) is -2.75. The average Bonchev–Trinajstić information content (AvgIpc) is 2.35. The fraction of sp³-hybridized carbons (Fsp3) is 0.0909. The number of nitrogens with zero attached hydrogens (tertiary/aromatic N) is 2. The van der Waals surface area contributed by atoms with Crippen molar-refractivity contribution in [2.45, 2.75) is 6.18 Å². The van der Waals surface area contributed by atoms with E-state index in [0.29, 0.717) is 12.1 Å². The normalized spacial score (nSPS) is 11.5. The highest BCUT2D eigenvalue weighted by atomic mass is 35.5. The van der Waals surface area contributed by atoms with Crippen LogP contribution in [0.1, 0.15) is 5.56 Å². The topological polar surface area (TPSA) is 37.8 Å². The van der Waals surface area contributed by atoms with Crippen molar-refractivity contribution in [1.82, 2.24) is 9.97 Å². The predicted molar refractivity (Wildman–Crippen MR) is 61.7 cm³/mol. The van der Waals surface area contributed by atoms with Crippen LogP contribution in [0.2, 0.25) is 5.28 Å². The third kappa shape index (κ3) is 3.13. The largest absolute Gasteiger partial charge is 0.419 e. The van der Waals surface area contributed by atoms with E-state index in [1.54, 1.807) is 0 Å². The minimum Gasteiger partial charge on any atom is -0.338 e. The van der Waals surface area contributed by atoms with Gasteiger partial charge in [0, 0.05) is 5.69 Å². The summed E-state index contributed by atoms with van der Waals surface area (Å²) in [7, 11) is 0. The Morgan fingerprint density at radius 1 is 1.10 bits per heavy atom. The van der Waals surface area contributed by atoms with Crippen LogP contribution < -0.4 is 5.32 Å². The fourth-order valence-corrected chi connectivity index (χ4v) is 1.52. The van der Waals surface area contributed by atoms with E-state index in [-0.39, 0.29) is 11.0 Å². The number of hydrogen-bond donors (Lipinski definition) is 1. The Labute approximate surface area is 114 Å². The second-order valence-electron chi connectivity index (χ2n) is 3.65. The van der Waals surface area contributed by atoms with Crippen LogP contribution in [0, 0.1) is 11.6 Å². The Bertz CT molecular complexity index is 644. The molecule has 1 aromatic carbocycles. The number of anilines is 2. The molecule has 0 aliphatic carbocycles. The molecule has 0 amide bonds. The summed E-state index contributed by atoms with van der Waals surface area (Å²) in [5, 5.41) is 1.99. The zero-order chi connectivity index (χ0) is 14.9. The number of benzene rings is 1. The van der Waals surface area contributed by atoms with Crippen molar-refractivity contribution >= 4 is 23.1 Å². The van der Waals surface area contributed by atoms with Crippen molar-refractivity contribution in [1.29, 1.82) is 0 Å². The minimum atomic E-state index is -4.86. The lowest BCUT2D eigenvalue weighted by atomic mass is 10.2. The van der Waals surface area contributed by atoms with Gasteiger partial charge in [-0.1, -0.05) is 0 Å². The Hall–Kier alpha value is -1.96. The van der Waals surface area contributed by atoms with Crippen molar-refractivity contribution in [3.63, 3.8) is 0 Å². The summed E-state index contributed by atoms with van der Waals surface area (Å²) >= 11 is 5.44. The Morgan fingerprint density at radius 2 is 1.80 bits per heavy atom. The summed E-state index contributed by atoms with van der Waals surface area (Å²) < 4.78 is 64.0. The van der Waals surface area contributed by atoms with Gasteiger partial charge in [0.1, 0.15) is 5.82 Å². The van der Waals surface area contributed by atoms with E-state index < -0.39 is 29.2 Å². The minimum absolute atomic E-state index is 0.188. The molecule has 0 unspecified atom stereocenters. The van der Waals surface area contributed by atoms with Crippen LogP contribution in [0.15, 0.2) is 24.4 Å². The van der Waals surface area contributed by atoms with Gasteiger partial charge in [-0.25, -0.2) is 13.8 Å². The van der Waals surface area contributed by atoms with E-state index in [1.165, 1.54) is 0 Å². The van der Waals surface area contributed by atoms with Crippen molar-refractivity contribution in [2.75, 3.05) is 5.32 Å². The molecule has 1 N–H and O–H groups in total. The highest BCUT2D eigenvalue weighted by Gasteiger charge is 2.34. The first-order valence-electron chi connectivity index (χ1n) is 5.09. The monoisotopic (exact) mass is 309 g/mol. The van der Waals surface area contributed by atoms with Crippen LogP contribution in [-0.2, 0) is 6.18 Å². The zero-order valence-electron chi connectivity index (χ0n) is 9.47. The second-order valence-corrected chi connectivity index (χ2v) is 3.99. The van der Waals surface area contributed by atoms with Gasteiger partial charge in [0.2, 0.25) is 5.28 Å². The molecule has 0 spiro atoms. The van der Waals surface area contributed by atoms with Gasteiger partial charge < -0.3 is 5.32 Å². The van der Waals surface area contributed by atoms with Crippen LogP contribution in [-0.4, -0.2) is 9.97 Å². The molecule has 0 saturated heterocycles. The van der Waals surface area contributed by atoms with Gasteiger partial charge in [-0.2, -0.15) is 18.2 Å². The van der Waals surface area contributed by atoms with Crippen LogP contribution in [0.3, 0.4) is 0 Å². The van der Waals surface area contributed by atoms with Crippen molar-refractivity contribution in [3.05, 3.63) is 46.9 Å². The summed E-state index contributed by atoms with van der Waals surface area (Å²) in [6.45, 7) is 0. The number of nitrogens with one attached hydrogen (secondary N) is 1. The smallest absolute Gasteiger partial charge is 0.338 e. The molecule has 0 aliphatic rings. The SMILES string of the molecule is Fc1ccc(Nc2nc(Cl)ncc2F)cc1C(F)(F)F. The number of hydrogen-bond acceptors (Lipinski definition) is 3. The van der Waals surface area contributed by atoms with E-state index in [2.05, 4.69) is 15.3 Å². The second kappa shape index (κ2) is 5.20. The molecular weight excluding hydrogens is 305 g/mol. The molecule has 1 heterocycles. The van der Waals surface area contributed by atoms with Crippen LogP contribution in [0.5, 0.6) is 0 Å². The number of aromatic nitrogens is 2. The highest BCUT2D eigenvalue weighted by molar-refractivity contribution is 6.28. The maximum absolute atomic E-state index is 13.3. The first-order chi connectivity index (χ1) is 9.27. The number of halogens is 6. The quantitative estimate of drug-likeness (QED) is 0.668. The van der Waals surface area contributed by atoms with E-state index in [1.807, 2.05) is 0 Å². The first-order valence-corrected chi connectivity index (χ1v) is 5.47. The lowest BCUT2D eigenvalue weighted by Crippen LogP contribution is -2.09. The molecule has 2 aromatic rings. The number of rotatable bonds is 2. The van der Waals surface area contributed by atoms with Gasteiger partial charge in [-0.3, -0.25) is 0 Å². The van der Waals surface area contributed by atoms with Gasteiger partial charge in [-0.05, 0) is 29.8 Å². The fourth-order valence-electron chi connectivity index (χ4n) is 1.39. The molecule has 0 saturated carbocycles. The lowest BCUT2D eigenvalue weighted by Gasteiger charge is -2.11. The van der Waals surface area contributed by atoms with Crippen LogP contribution >= 0.6 is 11.6 Å². The first kappa shape index (κ1) is 14.4. The molecule has 0 aliphatic heterocycles. The summed E-state index contributed by atoms with van der Waals surface area (Å²) in [4.78, 5) is 6.83. The van der Waals surface area contributed by atoms with Crippen molar-refractivity contribution in [2.24, 2.45) is 0 Å². The predicted octanol–water partition coefficient (Wildman–Crippen LogP) is 4.17. The van der Waals surface area contributed by atoms with Crippen molar-refractivity contribution < 1.29 is 22.0 Å². The Balaban J connectivity index is 2.37. The van der Waals surface area contributed by atoms with Gasteiger partial charge in [-0.15, -0.1) is 0 Å². The molecule has 3 nitrogen and oxygen atoms in total. The molecule has 1 aromatic heterocycles. The lowest BCUT2D eigenvalue weighted by molar-refractivity contribution is -0.139. The van der Waals surface area contributed by atoms with E-state index in [0.717, 1.165) is 12.3 Å². The third-order valence-electron chi connectivity index (χ3n) is 2.25. The van der Waals surface area contributed by atoms with Crippen molar-refractivity contribution in [3.8, 4) is 0 Å². The molecule has 20 heavy (non-hydrogen) atoms. The van der Waals surface area contributed by atoms with Gasteiger partial charge in [0.15, 0.2) is 11.6 Å². The molecule has 2 rings (SSSR count). The van der Waals surface area contributed by atoms with Crippen LogP contribution in [0.25, 0.3) is 0 Å². The average molecular weight is 310 g/mol. The van der Waals surface area contributed by atoms with Gasteiger partial charge in [0.05, 0.1) is 11.8 Å². The van der Waals surface area contributed by atoms with E-state index in [4.69, 9.17) is 11.6 Å². The molecule has 0 bridgehead atoms. The zero-order valence-corrected chi connectivity index (χ0v) is 10.2. The molecule has 106 valence electrons. The van der Waals surface area contributed by atoms with E-state index in [9.17, 15) is 22.0 Å². The molecule has 0 radical (unpaired) electrons. The summed E-state index contributed by atoms with van der Waals surface area (Å²) in [5.41, 5.74) is -1.66. The Morgan fingerprint density at radius 3 is 2.45 bits per heavy atom. The molecule has 0 atom stereocenters. The molecule has 9 heteroatoms. The maximum Gasteiger partial charge on any atom is 0.419 e. The maximum atomic E-state index is 13.3. The standard InChI is InChI=1S/C11H5ClF5N3/c12-10-18-4-8(14)9(20-10)19-5-1-2-7(13)6(3-5)11(15,16)17/h1-4H,(H,18,19,20). The summed E-state index contributed by atoms with van der Waals surface area (Å²) in [6, 6.07) is 2.14. The third-order valence-corrected chi connectivity index (χ3v) is 2.43. The van der Waals surface area contributed by atoms with E-state index >= 15 is 0 Å². The van der Waals surface area contributed by atoms with Gasteiger partial charge in [0.25, 0.3) is 0 Å². The molecular formula is C11H5ClF5N3. The van der Waals surface area contributed by atoms with Gasteiger partial charge >= 0.3 is 6.18 Å². The Kier molecular flexibility index (Phi) is 3.76. The summed E-state index contributed by atoms with van der Waals surface area (Å²) in [6.07, 6.45) is -4.10.